The van der Waals surface area contributed by atoms with Crippen LogP contribution in [0.1, 0.15) is 45.3 Å². The fourth-order valence-electron chi connectivity index (χ4n) is 2.82. The van der Waals surface area contributed by atoms with Crippen molar-refractivity contribution in [2.24, 2.45) is 0 Å². The molecule has 3 rings (SSSR count). The molecule has 7 heteroatoms. The summed E-state index contributed by atoms with van der Waals surface area (Å²) in [6.07, 6.45) is -0.159. The largest absolute Gasteiger partial charge is 0.510 e. The van der Waals surface area contributed by atoms with E-state index in [9.17, 15) is 9.90 Å². The molecule has 0 atom stereocenters. The lowest BCUT2D eigenvalue weighted by Crippen LogP contribution is -2.26. The van der Waals surface area contributed by atoms with E-state index in [2.05, 4.69) is 4.98 Å². The molecule has 1 aromatic carbocycles. The molecule has 0 spiro atoms. The third-order valence-corrected chi connectivity index (χ3v) is 5.42. The van der Waals surface area contributed by atoms with Gasteiger partial charge in [-0.3, -0.25) is 5.41 Å². The number of carbonyl (C=O) groups is 1. The van der Waals surface area contributed by atoms with E-state index in [-0.39, 0.29) is 30.2 Å². The van der Waals surface area contributed by atoms with E-state index in [1.807, 2.05) is 39.8 Å². The second-order valence-electron chi connectivity index (χ2n) is 6.84. The van der Waals surface area contributed by atoms with Crippen LogP contribution in [0, 0.1) is 19.3 Å². The minimum Gasteiger partial charge on any atom is -0.510 e. The maximum atomic E-state index is 11.9. The Morgan fingerprint density at radius 2 is 2.00 bits per heavy atom. The molecule has 0 fully saturated rings. The first-order valence-electron chi connectivity index (χ1n) is 8.76. The number of benzene rings is 1. The van der Waals surface area contributed by atoms with Gasteiger partial charge in [-0.1, -0.05) is 12.1 Å². The number of aliphatic hydroxyl groups is 1. The van der Waals surface area contributed by atoms with Crippen molar-refractivity contribution in [1.82, 2.24) is 9.88 Å². The highest BCUT2D eigenvalue weighted by Crippen LogP contribution is 2.32. The van der Waals surface area contributed by atoms with Gasteiger partial charge in [0.25, 0.3) is 0 Å². The molecule has 0 amide bonds. The molecule has 2 N–H and O–H groups in total. The number of esters is 1. The summed E-state index contributed by atoms with van der Waals surface area (Å²) in [6, 6.07) is 7.14. The van der Waals surface area contributed by atoms with E-state index in [0.29, 0.717) is 22.7 Å². The minimum absolute atomic E-state index is 0.159. The van der Waals surface area contributed by atoms with Crippen LogP contribution < -0.4 is 0 Å². The molecule has 1 aliphatic heterocycles. The summed E-state index contributed by atoms with van der Waals surface area (Å²) >= 11 is 1.49. The molecule has 27 heavy (non-hydrogen) atoms. The molecular weight excluding hydrogens is 362 g/mol. The predicted octanol–water partition coefficient (Wildman–Crippen LogP) is 4.09. The lowest BCUT2D eigenvalue weighted by molar-refractivity contribution is 0.0378. The van der Waals surface area contributed by atoms with Gasteiger partial charge in [0.15, 0.2) is 0 Å². The molecule has 2 heterocycles. The summed E-state index contributed by atoms with van der Waals surface area (Å²) in [5.74, 6) is 0.0944. The van der Waals surface area contributed by atoms with Gasteiger partial charge in [-0.2, -0.15) is 0 Å². The van der Waals surface area contributed by atoms with Crippen molar-refractivity contribution < 1.29 is 14.6 Å². The molecule has 0 bridgehead atoms. The van der Waals surface area contributed by atoms with Crippen molar-refractivity contribution in [2.75, 3.05) is 6.54 Å². The van der Waals surface area contributed by atoms with Crippen molar-refractivity contribution in [2.45, 2.75) is 40.3 Å². The average molecular weight is 385 g/mol. The van der Waals surface area contributed by atoms with Crippen molar-refractivity contribution in [3.8, 4) is 0 Å². The SMILES string of the molecule is Cc1nc(C2=C(O)CN(Cc3ccc(C(=O)OC(C)C)cc3)C2=N)sc1C. The summed E-state index contributed by atoms with van der Waals surface area (Å²) in [6.45, 7) is 8.28. The molecule has 0 saturated carbocycles. The minimum atomic E-state index is -0.346. The van der Waals surface area contributed by atoms with Crippen LogP contribution in [0.3, 0.4) is 0 Å². The molecule has 0 saturated heterocycles. The molecule has 0 aliphatic carbocycles. The molecule has 142 valence electrons. The topological polar surface area (TPSA) is 86.5 Å². The van der Waals surface area contributed by atoms with Crippen LogP contribution in [-0.2, 0) is 11.3 Å². The number of aryl methyl sites for hydroxylation is 2. The van der Waals surface area contributed by atoms with Crippen LogP contribution in [0.4, 0.5) is 0 Å². The Kier molecular flexibility index (Phi) is 5.32. The Morgan fingerprint density at radius 1 is 1.33 bits per heavy atom. The van der Waals surface area contributed by atoms with Gasteiger partial charge >= 0.3 is 5.97 Å². The highest BCUT2D eigenvalue weighted by molar-refractivity contribution is 7.13. The number of aromatic nitrogens is 1. The Hall–Kier alpha value is -2.67. The Labute approximate surface area is 162 Å². The highest BCUT2D eigenvalue weighted by atomic mass is 32.1. The first-order valence-corrected chi connectivity index (χ1v) is 9.58. The number of aliphatic hydroxyl groups excluding tert-OH is 1. The van der Waals surface area contributed by atoms with Gasteiger partial charge in [0, 0.05) is 11.4 Å². The van der Waals surface area contributed by atoms with E-state index in [1.165, 1.54) is 11.3 Å². The predicted molar refractivity (Wildman–Crippen MR) is 106 cm³/mol. The number of nitrogens with one attached hydrogen (secondary N) is 1. The van der Waals surface area contributed by atoms with Crippen LogP contribution in [0.25, 0.3) is 5.57 Å². The lowest BCUT2D eigenvalue weighted by atomic mass is 10.1. The standard InChI is InChI=1S/C20H23N3O3S/c1-11(2)26-20(25)15-7-5-14(6-8-15)9-23-10-16(24)17(18(23)21)19-22-12(3)13(4)27-19/h5-8,11,21,24H,9-10H2,1-4H3. The molecule has 2 aromatic rings. The molecule has 0 radical (unpaired) electrons. The summed E-state index contributed by atoms with van der Waals surface area (Å²) in [5.41, 5.74) is 2.87. The number of amidine groups is 1. The Bertz CT molecular complexity index is 894. The number of ether oxygens (including phenoxy) is 1. The maximum absolute atomic E-state index is 11.9. The van der Waals surface area contributed by atoms with Gasteiger partial charge in [0.2, 0.25) is 0 Å². The fourth-order valence-corrected chi connectivity index (χ4v) is 3.80. The van der Waals surface area contributed by atoms with Gasteiger partial charge < -0.3 is 14.7 Å². The number of thiazole rings is 1. The molecule has 6 nitrogen and oxygen atoms in total. The number of hydrogen-bond acceptors (Lipinski definition) is 6. The fraction of sp³-hybridized carbons (Fsp3) is 0.350. The molecule has 1 aliphatic rings. The smallest absolute Gasteiger partial charge is 0.338 e. The summed E-state index contributed by atoms with van der Waals surface area (Å²) in [7, 11) is 0. The van der Waals surface area contributed by atoms with E-state index >= 15 is 0 Å². The molecule has 0 unspecified atom stereocenters. The van der Waals surface area contributed by atoms with E-state index in [1.54, 1.807) is 17.0 Å². The maximum Gasteiger partial charge on any atom is 0.338 e. The van der Waals surface area contributed by atoms with Crippen molar-refractivity contribution in [3.63, 3.8) is 0 Å². The van der Waals surface area contributed by atoms with Crippen LogP contribution >= 0.6 is 11.3 Å². The Balaban J connectivity index is 1.71. The number of hydrogen-bond donors (Lipinski definition) is 2. The second-order valence-corrected chi connectivity index (χ2v) is 8.04. The van der Waals surface area contributed by atoms with Crippen molar-refractivity contribution in [3.05, 3.63) is 56.7 Å². The zero-order valence-corrected chi connectivity index (χ0v) is 16.7. The van der Waals surface area contributed by atoms with Gasteiger partial charge in [-0.05, 0) is 45.4 Å². The number of nitrogens with zero attached hydrogens (tertiary/aromatic N) is 2. The average Bonchev–Trinajstić information content (AvgIpc) is 3.06. The zero-order chi connectivity index (χ0) is 19.7. The molecule has 1 aromatic heterocycles. The summed E-state index contributed by atoms with van der Waals surface area (Å²) in [4.78, 5) is 19.3. The number of carbonyl (C=O) groups excluding carboxylic acids is 1. The van der Waals surface area contributed by atoms with Crippen LogP contribution in [-0.4, -0.2) is 39.4 Å². The van der Waals surface area contributed by atoms with Crippen LogP contribution in [0.5, 0.6) is 0 Å². The third kappa shape index (κ3) is 4.03. The van der Waals surface area contributed by atoms with Gasteiger partial charge in [0.05, 0.1) is 29.5 Å². The Morgan fingerprint density at radius 3 is 2.56 bits per heavy atom. The lowest BCUT2D eigenvalue weighted by Gasteiger charge is -2.18. The summed E-state index contributed by atoms with van der Waals surface area (Å²) in [5, 5.41) is 19.5. The quantitative estimate of drug-likeness (QED) is 0.757. The first-order chi connectivity index (χ1) is 12.8. The third-order valence-electron chi connectivity index (χ3n) is 4.33. The monoisotopic (exact) mass is 385 g/mol. The van der Waals surface area contributed by atoms with E-state index in [0.717, 1.165) is 16.1 Å². The normalized spacial score (nSPS) is 14.4. The van der Waals surface area contributed by atoms with Crippen LogP contribution in [0.15, 0.2) is 30.0 Å². The zero-order valence-electron chi connectivity index (χ0n) is 15.9. The van der Waals surface area contributed by atoms with Crippen molar-refractivity contribution >= 4 is 28.7 Å². The highest BCUT2D eigenvalue weighted by Gasteiger charge is 2.30. The van der Waals surface area contributed by atoms with Crippen LogP contribution in [0.2, 0.25) is 0 Å². The second kappa shape index (κ2) is 7.52. The van der Waals surface area contributed by atoms with Gasteiger partial charge in [0.1, 0.15) is 16.6 Å². The van der Waals surface area contributed by atoms with E-state index in [4.69, 9.17) is 10.1 Å². The van der Waals surface area contributed by atoms with Crippen molar-refractivity contribution in [1.29, 1.82) is 5.41 Å². The number of rotatable bonds is 5. The first kappa shape index (κ1) is 19.1. The molecular formula is C20H23N3O3S. The summed E-state index contributed by atoms with van der Waals surface area (Å²) < 4.78 is 5.19. The van der Waals surface area contributed by atoms with Gasteiger partial charge in [-0.15, -0.1) is 11.3 Å². The van der Waals surface area contributed by atoms with Gasteiger partial charge in [-0.25, -0.2) is 9.78 Å². The van der Waals surface area contributed by atoms with E-state index < -0.39 is 0 Å².